The average Bonchev–Trinajstić information content (AvgIpc) is 2.38. The van der Waals surface area contributed by atoms with Crippen LogP contribution >= 0.6 is 0 Å². The summed E-state index contributed by atoms with van der Waals surface area (Å²) in [4.78, 5) is 2.60. The molecule has 1 unspecified atom stereocenters. The van der Waals surface area contributed by atoms with Gasteiger partial charge in [0.15, 0.2) is 0 Å². The molecule has 0 aromatic rings. The molecule has 3 nitrogen and oxygen atoms in total. The minimum atomic E-state index is 0.381. The second-order valence-electron chi connectivity index (χ2n) is 7.76. The molecule has 1 saturated heterocycles. The number of hydrogen-bond donors (Lipinski definition) is 2. The Morgan fingerprint density at radius 2 is 1.53 bits per heavy atom. The molecule has 1 atom stereocenters. The Kier molecular flexibility index (Phi) is 3.13. The Hall–Kier alpha value is -0.120. The number of aliphatic hydroxyl groups is 1. The van der Waals surface area contributed by atoms with E-state index in [2.05, 4.69) is 10.2 Å². The van der Waals surface area contributed by atoms with Gasteiger partial charge in [-0.1, -0.05) is 0 Å². The molecule has 1 aliphatic heterocycles. The average molecular weight is 264 g/mol. The van der Waals surface area contributed by atoms with Gasteiger partial charge < -0.3 is 10.4 Å². The second-order valence-corrected chi connectivity index (χ2v) is 7.76. The first-order chi connectivity index (χ1) is 9.29. The Morgan fingerprint density at radius 1 is 1.00 bits per heavy atom. The van der Waals surface area contributed by atoms with Crippen molar-refractivity contribution in [1.82, 2.24) is 10.2 Å². The molecule has 5 rings (SSSR count). The minimum Gasteiger partial charge on any atom is -0.395 e. The minimum absolute atomic E-state index is 0.381. The van der Waals surface area contributed by atoms with Crippen LogP contribution in [-0.4, -0.2) is 48.8 Å². The van der Waals surface area contributed by atoms with E-state index in [1.54, 1.807) is 0 Å². The summed E-state index contributed by atoms with van der Waals surface area (Å²) in [5.74, 6) is 2.97. The van der Waals surface area contributed by atoms with Gasteiger partial charge in [0.1, 0.15) is 0 Å². The molecule has 0 aromatic carbocycles. The monoisotopic (exact) mass is 264 g/mol. The van der Waals surface area contributed by atoms with E-state index in [-0.39, 0.29) is 0 Å². The smallest absolute Gasteiger partial charge is 0.0592 e. The fourth-order valence-electron chi connectivity index (χ4n) is 6.28. The van der Waals surface area contributed by atoms with Gasteiger partial charge in [0.2, 0.25) is 0 Å². The van der Waals surface area contributed by atoms with Crippen molar-refractivity contribution < 1.29 is 5.11 Å². The highest BCUT2D eigenvalue weighted by atomic mass is 16.3. The van der Waals surface area contributed by atoms with Gasteiger partial charge in [-0.25, -0.2) is 0 Å². The first kappa shape index (κ1) is 12.6. The van der Waals surface area contributed by atoms with Crippen molar-refractivity contribution >= 4 is 0 Å². The molecule has 4 aliphatic carbocycles. The van der Waals surface area contributed by atoms with E-state index in [0.717, 1.165) is 43.9 Å². The molecule has 4 saturated carbocycles. The molecule has 0 radical (unpaired) electrons. The molecule has 108 valence electrons. The molecule has 3 heteroatoms. The van der Waals surface area contributed by atoms with Crippen molar-refractivity contribution in [3.8, 4) is 0 Å². The third kappa shape index (κ3) is 2.05. The summed E-state index contributed by atoms with van der Waals surface area (Å²) >= 11 is 0. The summed E-state index contributed by atoms with van der Waals surface area (Å²) in [5, 5.41) is 13.5. The van der Waals surface area contributed by atoms with Crippen LogP contribution in [0.5, 0.6) is 0 Å². The van der Waals surface area contributed by atoms with Crippen LogP contribution in [-0.2, 0) is 0 Å². The van der Waals surface area contributed by atoms with Crippen LogP contribution in [0.4, 0.5) is 0 Å². The summed E-state index contributed by atoms with van der Waals surface area (Å²) in [7, 11) is 0. The second kappa shape index (κ2) is 4.71. The van der Waals surface area contributed by atoms with E-state index < -0.39 is 0 Å². The number of piperazine rings is 1. The topological polar surface area (TPSA) is 35.5 Å². The predicted molar refractivity (Wildman–Crippen MR) is 75.9 cm³/mol. The van der Waals surface area contributed by atoms with Crippen LogP contribution in [0.25, 0.3) is 0 Å². The standard InChI is InChI=1S/C16H28N2O/c19-11-15(18-3-1-17-2-4-18)16-8-12-5-13(9-16)7-14(6-12)10-16/h12-15,17,19H,1-11H2. The highest BCUT2D eigenvalue weighted by molar-refractivity contribution is 5.06. The Bertz CT molecular complexity index is 302. The SMILES string of the molecule is OCC(N1CCNCC1)C12CC3CC(CC(C3)C1)C2. The molecule has 0 aromatic heterocycles. The van der Waals surface area contributed by atoms with Crippen molar-refractivity contribution in [2.45, 2.75) is 44.6 Å². The maximum Gasteiger partial charge on any atom is 0.0592 e. The van der Waals surface area contributed by atoms with Crippen LogP contribution in [0.2, 0.25) is 0 Å². The first-order valence-electron chi connectivity index (χ1n) is 8.35. The molecule has 1 heterocycles. The summed E-state index contributed by atoms with van der Waals surface area (Å²) in [6.45, 7) is 4.85. The lowest BCUT2D eigenvalue weighted by Gasteiger charge is -2.61. The van der Waals surface area contributed by atoms with E-state index in [1.807, 2.05) is 0 Å². The van der Waals surface area contributed by atoms with E-state index >= 15 is 0 Å². The fourth-order valence-corrected chi connectivity index (χ4v) is 6.28. The highest BCUT2D eigenvalue weighted by Crippen LogP contribution is 2.61. The summed E-state index contributed by atoms with van der Waals surface area (Å²) in [5.41, 5.74) is 0.473. The first-order valence-corrected chi connectivity index (χ1v) is 8.35. The Morgan fingerprint density at radius 3 is 2.00 bits per heavy atom. The number of aliphatic hydroxyl groups excluding tert-OH is 1. The lowest BCUT2D eigenvalue weighted by Crippen LogP contribution is -2.61. The zero-order valence-electron chi connectivity index (χ0n) is 12.0. The van der Waals surface area contributed by atoms with Crippen molar-refractivity contribution in [3.05, 3.63) is 0 Å². The Balaban J connectivity index is 1.58. The molecular weight excluding hydrogens is 236 g/mol. The van der Waals surface area contributed by atoms with Gasteiger partial charge in [-0.15, -0.1) is 0 Å². The van der Waals surface area contributed by atoms with Crippen molar-refractivity contribution in [3.63, 3.8) is 0 Å². The van der Waals surface area contributed by atoms with Crippen molar-refractivity contribution in [1.29, 1.82) is 0 Å². The molecule has 5 aliphatic rings. The van der Waals surface area contributed by atoms with Gasteiger partial charge in [-0.3, -0.25) is 4.90 Å². The van der Waals surface area contributed by atoms with Gasteiger partial charge in [0.25, 0.3) is 0 Å². The number of rotatable bonds is 3. The van der Waals surface area contributed by atoms with Crippen LogP contribution in [0.15, 0.2) is 0 Å². The molecular formula is C16H28N2O. The molecule has 19 heavy (non-hydrogen) atoms. The Labute approximate surface area is 116 Å². The van der Waals surface area contributed by atoms with E-state index in [0.29, 0.717) is 18.1 Å². The predicted octanol–water partition coefficient (Wildman–Crippen LogP) is 1.47. The third-order valence-electron chi connectivity index (χ3n) is 6.56. The largest absolute Gasteiger partial charge is 0.395 e. The molecule has 5 fully saturated rings. The van der Waals surface area contributed by atoms with E-state index in [9.17, 15) is 5.11 Å². The zero-order valence-corrected chi connectivity index (χ0v) is 12.0. The van der Waals surface area contributed by atoms with Gasteiger partial charge >= 0.3 is 0 Å². The van der Waals surface area contributed by atoms with E-state index in [1.165, 1.54) is 38.5 Å². The van der Waals surface area contributed by atoms with Gasteiger partial charge in [0, 0.05) is 32.2 Å². The maximum atomic E-state index is 10.1. The van der Waals surface area contributed by atoms with Crippen LogP contribution < -0.4 is 5.32 Å². The van der Waals surface area contributed by atoms with Crippen LogP contribution in [0, 0.1) is 23.2 Å². The van der Waals surface area contributed by atoms with Crippen LogP contribution in [0.1, 0.15) is 38.5 Å². The quantitative estimate of drug-likeness (QED) is 0.810. The maximum absolute atomic E-state index is 10.1. The normalized spacial score (nSPS) is 47.5. The third-order valence-corrected chi connectivity index (χ3v) is 6.56. The van der Waals surface area contributed by atoms with Gasteiger partial charge in [-0.2, -0.15) is 0 Å². The number of hydrogen-bond acceptors (Lipinski definition) is 3. The lowest BCUT2D eigenvalue weighted by molar-refractivity contribution is -0.114. The van der Waals surface area contributed by atoms with E-state index in [4.69, 9.17) is 0 Å². The van der Waals surface area contributed by atoms with Crippen molar-refractivity contribution in [2.75, 3.05) is 32.8 Å². The molecule has 2 N–H and O–H groups in total. The molecule has 0 spiro atoms. The van der Waals surface area contributed by atoms with Gasteiger partial charge in [-0.05, 0) is 61.7 Å². The number of nitrogens with zero attached hydrogens (tertiary/aromatic N) is 1. The zero-order chi connectivity index (χ0) is 12.9. The number of nitrogens with one attached hydrogen (secondary N) is 1. The summed E-state index contributed by atoms with van der Waals surface area (Å²) in [6, 6.07) is 0.447. The summed E-state index contributed by atoms with van der Waals surface area (Å²) in [6.07, 6.45) is 8.73. The lowest BCUT2D eigenvalue weighted by atomic mass is 9.47. The molecule has 0 amide bonds. The highest BCUT2D eigenvalue weighted by Gasteiger charge is 2.55. The molecule has 4 bridgehead atoms. The summed E-state index contributed by atoms with van der Waals surface area (Å²) < 4.78 is 0. The van der Waals surface area contributed by atoms with Crippen LogP contribution in [0.3, 0.4) is 0 Å². The van der Waals surface area contributed by atoms with Gasteiger partial charge in [0.05, 0.1) is 6.61 Å². The van der Waals surface area contributed by atoms with Crippen molar-refractivity contribution in [2.24, 2.45) is 23.2 Å². The fraction of sp³-hybridized carbons (Fsp3) is 1.00.